The molecule has 2 aromatic heterocycles. The molecule has 0 N–H and O–H groups in total. The molecule has 1 atom stereocenters. The molecule has 7 aromatic carbocycles. The smallest absolute Gasteiger partial charge is 0.0726 e. The molecule has 1 nitrogen and oxygen atoms in total. The van der Waals surface area contributed by atoms with E-state index in [2.05, 4.69) is 169 Å². The number of nitrogens with zero attached hydrogens (tertiary/aromatic N) is 1. The Balaban J connectivity index is 1.36. The maximum Gasteiger partial charge on any atom is 0.0726 e. The van der Waals surface area contributed by atoms with E-state index in [-0.39, 0.29) is 0 Å². The van der Waals surface area contributed by atoms with Gasteiger partial charge in [-0.1, -0.05) is 133 Å². The summed E-state index contributed by atoms with van der Waals surface area (Å²) in [7, 11) is 0. The van der Waals surface area contributed by atoms with Crippen molar-refractivity contribution in [3.05, 3.63) is 198 Å². The number of rotatable bonds is 2. The molecule has 2 heterocycles. The van der Waals surface area contributed by atoms with Crippen LogP contribution in [0, 0.1) is 0 Å². The Morgan fingerprint density at radius 1 is 0.380 bits per heavy atom. The zero-order valence-electron chi connectivity index (χ0n) is 27.1. The molecule has 0 fully saturated rings. The van der Waals surface area contributed by atoms with Crippen molar-refractivity contribution >= 4 is 31.5 Å². The minimum atomic E-state index is -0.576. The van der Waals surface area contributed by atoms with Gasteiger partial charge in [0, 0.05) is 38.1 Å². The lowest BCUT2D eigenvalue weighted by Crippen LogP contribution is -2.29. The van der Waals surface area contributed by atoms with E-state index < -0.39 is 5.41 Å². The van der Waals surface area contributed by atoms with E-state index in [9.17, 15) is 0 Å². The molecule has 0 saturated heterocycles. The Labute approximate surface area is 294 Å². The van der Waals surface area contributed by atoms with Crippen LogP contribution in [-0.2, 0) is 5.41 Å². The van der Waals surface area contributed by atoms with Crippen LogP contribution < -0.4 is 0 Å². The number of pyridine rings is 1. The normalized spacial score (nSPS) is 15.3. The molecule has 2 aliphatic carbocycles. The molecule has 1 unspecified atom stereocenters. The molecular weight excluding hydrogens is 623 g/mol. The van der Waals surface area contributed by atoms with Gasteiger partial charge in [-0.25, -0.2) is 0 Å². The van der Waals surface area contributed by atoms with Gasteiger partial charge in [0.25, 0.3) is 0 Å². The van der Waals surface area contributed by atoms with Gasteiger partial charge in [0.1, 0.15) is 0 Å². The second-order valence-electron chi connectivity index (χ2n) is 13.4. The van der Waals surface area contributed by atoms with Crippen molar-refractivity contribution in [1.29, 1.82) is 0 Å². The zero-order valence-corrected chi connectivity index (χ0v) is 27.9. The minimum Gasteiger partial charge on any atom is -0.265 e. The van der Waals surface area contributed by atoms with Gasteiger partial charge in [-0.05, 0) is 103 Å². The summed E-state index contributed by atoms with van der Waals surface area (Å²) in [6, 6.07) is 61.3. The summed E-state index contributed by atoms with van der Waals surface area (Å²) >= 11 is 1.93. The van der Waals surface area contributed by atoms with Crippen LogP contribution in [-0.4, -0.2) is 4.98 Å². The van der Waals surface area contributed by atoms with Crippen LogP contribution in [0.5, 0.6) is 0 Å². The third-order valence-electron chi connectivity index (χ3n) is 11.0. The Hall–Kier alpha value is -6.09. The van der Waals surface area contributed by atoms with Gasteiger partial charge in [0.2, 0.25) is 0 Å². The third-order valence-corrected chi connectivity index (χ3v) is 12.2. The Morgan fingerprint density at radius 2 is 0.980 bits per heavy atom. The molecule has 0 bridgehead atoms. The van der Waals surface area contributed by atoms with Crippen molar-refractivity contribution in [3.8, 4) is 55.6 Å². The number of fused-ring (bicyclic) bond motifs is 16. The minimum absolute atomic E-state index is 0.576. The second-order valence-corrected chi connectivity index (χ2v) is 14.5. The lowest BCUT2D eigenvalue weighted by atomic mass is 9.65. The van der Waals surface area contributed by atoms with Gasteiger partial charge in [0.15, 0.2) is 0 Å². The molecule has 1 spiro atoms. The Bertz CT molecular complexity index is 2700. The maximum atomic E-state index is 4.35. The summed E-state index contributed by atoms with van der Waals surface area (Å²) in [6.45, 7) is 0. The van der Waals surface area contributed by atoms with Crippen molar-refractivity contribution < 1.29 is 0 Å². The summed E-state index contributed by atoms with van der Waals surface area (Å²) in [5, 5.41) is 2.66. The molecule has 50 heavy (non-hydrogen) atoms. The lowest BCUT2D eigenvalue weighted by molar-refractivity contribution is 0.777. The number of hydrogen-bond acceptors (Lipinski definition) is 2. The molecule has 232 valence electrons. The zero-order chi connectivity index (χ0) is 32.8. The third kappa shape index (κ3) is 3.69. The fourth-order valence-corrected chi connectivity index (χ4v) is 10.2. The number of aromatic nitrogens is 1. The highest BCUT2D eigenvalue weighted by Crippen LogP contribution is 2.64. The highest BCUT2D eigenvalue weighted by molar-refractivity contribution is 7.26. The van der Waals surface area contributed by atoms with Crippen LogP contribution >= 0.6 is 11.3 Å². The van der Waals surface area contributed by atoms with Crippen molar-refractivity contribution in [3.63, 3.8) is 0 Å². The number of hydrogen-bond donors (Lipinski definition) is 0. The molecule has 0 amide bonds. The molecule has 0 aliphatic heterocycles. The number of thiophene rings is 1. The molecule has 0 saturated carbocycles. The van der Waals surface area contributed by atoms with Crippen LogP contribution in [0.15, 0.2) is 176 Å². The number of benzene rings is 7. The summed E-state index contributed by atoms with van der Waals surface area (Å²) in [4.78, 5) is 4.35. The average Bonchev–Trinajstić information content (AvgIpc) is 3.69. The first kappa shape index (κ1) is 27.8. The standard InChI is InChI=1S/C48H29NS/c1-2-10-30(11-3-1)32-18-20-36-34-12-4-5-13-35(34)37-21-19-33(31-24-26-49-27-25-31)29-44(37)48(43(36)28-32)41-16-8-6-15-40(41)46-42(48)23-22-39-38-14-7-9-17-45(38)50-47(39)46/h1-29H. The molecular formula is C48H29NS. The van der Waals surface area contributed by atoms with Gasteiger partial charge in [-0.15, -0.1) is 11.3 Å². The van der Waals surface area contributed by atoms with Crippen molar-refractivity contribution in [2.75, 3.05) is 0 Å². The van der Waals surface area contributed by atoms with Crippen molar-refractivity contribution in [2.45, 2.75) is 5.41 Å². The molecule has 0 radical (unpaired) electrons. The topological polar surface area (TPSA) is 12.9 Å². The van der Waals surface area contributed by atoms with Crippen LogP contribution in [0.2, 0.25) is 0 Å². The fourth-order valence-electron chi connectivity index (χ4n) is 8.93. The molecule has 9 aromatic rings. The molecule has 2 aliphatic rings. The fraction of sp³-hybridized carbons (Fsp3) is 0.0208. The van der Waals surface area contributed by atoms with Gasteiger partial charge in [-0.2, -0.15) is 0 Å². The summed E-state index contributed by atoms with van der Waals surface area (Å²) in [5.74, 6) is 0. The summed E-state index contributed by atoms with van der Waals surface area (Å²) in [5.41, 5.74) is 17.3. The van der Waals surface area contributed by atoms with Crippen molar-refractivity contribution in [2.24, 2.45) is 0 Å². The van der Waals surface area contributed by atoms with Gasteiger partial charge >= 0.3 is 0 Å². The summed E-state index contributed by atoms with van der Waals surface area (Å²) in [6.07, 6.45) is 3.79. The van der Waals surface area contributed by atoms with Crippen molar-refractivity contribution in [1.82, 2.24) is 4.98 Å². The Morgan fingerprint density at radius 3 is 1.70 bits per heavy atom. The average molecular weight is 652 g/mol. The van der Waals surface area contributed by atoms with E-state index >= 15 is 0 Å². The van der Waals surface area contributed by atoms with E-state index in [1.807, 2.05) is 23.7 Å². The van der Waals surface area contributed by atoms with Crippen LogP contribution in [0.1, 0.15) is 22.3 Å². The van der Waals surface area contributed by atoms with E-state index in [0.717, 1.165) is 0 Å². The monoisotopic (exact) mass is 651 g/mol. The Kier molecular flexibility index (Phi) is 5.82. The predicted molar refractivity (Wildman–Crippen MR) is 210 cm³/mol. The van der Waals surface area contributed by atoms with E-state index in [4.69, 9.17) is 0 Å². The highest BCUT2D eigenvalue weighted by Gasteiger charge is 2.50. The van der Waals surface area contributed by atoms with Gasteiger partial charge in [-0.3, -0.25) is 4.98 Å². The molecule has 11 rings (SSSR count). The molecule has 2 heteroatoms. The van der Waals surface area contributed by atoms with Crippen LogP contribution in [0.4, 0.5) is 0 Å². The van der Waals surface area contributed by atoms with E-state index in [1.54, 1.807) is 0 Å². The first-order chi connectivity index (χ1) is 24.8. The quantitative estimate of drug-likeness (QED) is 0.181. The van der Waals surface area contributed by atoms with E-state index in [0.29, 0.717) is 0 Å². The first-order valence-corrected chi connectivity index (χ1v) is 18.0. The van der Waals surface area contributed by atoms with Gasteiger partial charge in [0.05, 0.1) is 5.41 Å². The maximum absolute atomic E-state index is 4.35. The van der Waals surface area contributed by atoms with Crippen LogP contribution in [0.3, 0.4) is 0 Å². The highest BCUT2D eigenvalue weighted by atomic mass is 32.1. The second kappa shape index (κ2) is 10.5. The SMILES string of the molecule is c1ccc(-c2ccc3c(c2)C2(c4cc(-c5ccncc5)ccc4-c4ccccc4-3)c3ccccc3-c3c2ccc2c3sc3ccccc32)cc1. The van der Waals surface area contributed by atoms with Crippen LogP contribution in [0.25, 0.3) is 75.8 Å². The van der Waals surface area contributed by atoms with E-state index in [1.165, 1.54) is 98.1 Å². The first-order valence-electron chi connectivity index (χ1n) is 17.2. The summed E-state index contributed by atoms with van der Waals surface area (Å²) < 4.78 is 2.69. The lowest BCUT2D eigenvalue weighted by Gasteiger charge is -2.36. The van der Waals surface area contributed by atoms with Gasteiger partial charge < -0.3 is 0 Å². The largest absolute Gasteiger partial charge is 0.265 e. The predicted octanol–water partition coefficient (Wildman–Crippen LogP) is 12.8.